The number of nitrogens with one attached hydrogen (secondary N) is 1. The number of nitrogens with two attached hydrogens (primary N) is 1. The van der Waals surface area contributed by atoms with Crippen LogP contribution >= 0.6 is 24.8 Å². The maximum Gasteiger partial charge on any atom is 0.225 e. The summed E-state index contributed by atoms with van der Waals surface area (Å²) in [6.45, 7) is 8.31. The summed E-state index contributed by atoms with van der Waals surface area (Å²) in [6.07, 6.45) is 6.72. The molecule has 3 rings (SSSR count). The number of piperidine rings is 1. The molecular formula is C22H37Cl2N3O. The molecule has 2 fully saturated rings. The molecule has 3 atom stereocenters. The Balaban J connectivity index is 0.00000196. The standard InChI is InChI=1S/C22H35N3O.2ClH/c1-17-8-7-13-25(15-17)16-19-10-4-3-9-18(19)14-24-21(26)20-11-5-6-12-22(20,2)23;;/h3-4,9-10,17,20H,5-8,11-16,23H2,1-2H3,(H,24,26);2*1H. The average molecular weight is 430 g/mol. The van der Waals surface area contributed by atoms with Gasteiger partial charge in [-0.25, -0.2) is 0 Å². The summed E-state index contributed by atoms with van der Waals surface area (Å²) < 4.78 is 0. The third-order valence-corrected chi connectivity index (χ3v) is 6.28. The zero-order valence-electron chi connectivity index (χ0n) is 17.3. The molecule has 0 spiro atoms. The molecule has 1 heterocycles. The van der Waals surface area contributed by atoms with Gasteiger partial charge >= 0.3 is 0 Å². The molecule has 0 bridgehead atoms. The smallest absolute Gasteiger partial charge is 0.225 e. The Labute approximate surface area is 182 Å². The lowest BCUT2D eigenvalue weighted by molar-refractivity contribution is -0.128. The summed E-state index contributed by atoms with van der Waals surface area (Å²) in [7, 11) is 0. The number of amides is 1. The minimum atomic E-state index is -0.369. The molecule has 0 aromatic heterocycles. The molecular weight excluding hydrogens is 393 g/mol. The van der Waals surface area contributed by atoms with Crippen molar-refractivity contribution in [2.75, 3.05) is 13.1 Å². The molecule has 1 saturated carbocycles. The number of rotatable bonds is 5. The first-order valence-electron chi connectivity index (χ1n) is 10.3. The Morgan fingerprint density at radius 2 is 1.89 bits per heavy atom. The van der Waals surface area contributed by atoms with Gasteiger partial charge in [0.1, 0.15) is 0 Å². The van der Waals surface area contributed by atoms with Crippen LogP contribution in [0.15, 0.2) is 24.3 Å². The molecule has 0 radical (unpaired) electrons. The van der Waals surface area contributed by atoms with Crippen LogP contribution in [0, 0.1) is 11.8 Å². The van der Waals surface area contributed by atoms with Crippen molar-refractivity contribution >= 4 is 30.7 Å². The van der Waals surface area contributed by atoms with Gasteiger partial charge in [0.25, 0.3) is 0 Å². The number of nitrogens with zero attached hydrogens (tertiary/aromatic N) is 1. The first kappa shape index (κ1) is 25.2. The largest absolute Gasteiger partial charge is 0.352 e. The number of hydrogen-bond acceptors (Lipinski definition) is 3. The van der Waals surface area contributed by atoms with Gasteiger partial charge in [-0.2, -0.15) is 0 Å². The Hall–Kier alpha value is -0.810. The molecule has 1 aromatic rings. The van der Waals surface area contributed by atoms with Gasteiger partial charge < -0.3 is 11.1 Å². The lowest BCUT2D eigenvalue weighted by atomic mass is 9.74. The van der Waals surface area contributed by atoms with Crippen molar-refractivity contribution < 1.29 is 4.79 Å². The van der Waals surface area contributed by atoms with Crippen LogP contribution in [-0.4, -0.2) is 29.4 Å². The highest BCUT2D eigenvalue weighted by Gasteiger charge is 2.37. The lowest BCUT2D eigenvalue weighted by Gasteiger charge is -2.37. The van der Waals surface area contributed by atoms with E-state index in [-0.39, 0.29) is 42.2 Å². The van der Waals surface area contributed by atoms with Crippen LogP contribution in [0.2, 0.25) is 0 Å². The first-order chi connectivity index (χ1) is 12.5. The second-order valence-corrected chi connectivity index (χ2v) is 8.77. The summed E-state index contributed by atoms with van der Waals surface area (Å²) in [6, 6.07) is 8.52. The summed E-state index contributed by atoms with van der Waals surface area (Å²) in [5.41, 5.74) is 8.59. The summed E-state index contributed by atoms with van der Waals surface area (Å²) in [5, 5.41) is 3.17. The van der Waals surface area contributed by atoms with Crippen molar-refractivity contribution in [1.82, 2.24) is 10.2 Å². The van der Waals surface area contributed by atoms with Crippen LogP contribution in [0.25, 0.3) is 0 Å². The Bertz CT molecular complexity index is 624. The number of likely N-dealkylation sites (tertiary alicyclic amines) is 1. The van der Waals surface area contributed by atoms with Gasteiger partial charge in [-0.05, 0) is 56.2 Å². The second kappa shape index (κ2) is 11.4. The molecule has 6 heteroatoms. The molecule has 1 amide bonds. The number of carbonyl (C=O) groups excluding carboxylic acids is 1. The zero-order valence-corrected chi connectivity index (χ0v) is 18.9. The van der Waals surface area contributed by atoms with E-state index in [1.807, 2.05) is 6.92 Å². The molecule has 2 aliphatic rings. The highest BCUT2D eigenvalue weighted by atomic mass is 35.5. The van der Waals surface area contributed by atoms with E-state index in [4.69, 9.17) is 5.73 Å². The molecule has 160 valence electrons. The van der Waals surface area contributed by atoms with Crippen LogP contribution < -0.4 is 11.1 Å². The van der Waals surface area contributed by atoms with Crippen LogP contribution in [0.5, 0.6) is 0 Å². The van der Waals surface area contributed by atoms with Gasteiger partial charge in [-0.3, -0.25) is 9.69 Å². The molecule has 3 N–H and O–H groups in total. The zero-order chi connectivity index (χ0) is 18.6. The maximum atomic E-state index is 12.7. The average Bonchev–Trinajstić information content (AvgIpc) is 2.60. The van der Waals surface area contributed by atoms with E-state index in [0.29, 0.717) is 6.54 Å². The van der Waals surface area contributed by atoms with Crippen LogP contribution in [-0.2, 0) is 17.9 Å². The lowest BCUT2D eigenvalue weighted by Crippen LogP contribution is -2.52. The monoisotopic (exact) mass is 429 g/mol. The summed E-state index contributed by atoms with van der Waals surface area (Å²) in [4.78, 5) is 15.3. The van der Waals surface area contributed by atoms with E-state index in [0.717, 1.165) is 38.1 Å². The maximum absolute atomic E-state index is 12.7. The van der Waals surface area contributed by atoms with Crippen molar-refractivity contribution in [2.45, 2.75) is 71.0 Å². The quantitative estimate of drug-likeness (QED) is 0.733. The van der Waals surface area contributed by atoms with E-state index >= 15 is 0 Å². The van der Waals surface area contributed by atoms with E-state index in [2.05, 4.69) is 41.4 Å². The van der Waals surface area contributed by atoms with Crippen molar-refractivity contribution in [3.8, 4) is 0 Å². The predicted octanol–water partition coefficient (Wildman–Crippen LogP) is 4.29. The third kappa shape index (κ3) is 6.62. The first-order valence-corrected chi connectivity index (χ1v) is 10.3. The summed E-state index contributed by atoms with van der Waals surface area (Å²) >= 11 is 0. The second-order valence-electron chi connectivity index (χ2n) is 8.77. The molecule has 1 aliphatic carbocycles. The normalized spacial score (nSPS) is 28.0. The molecule has 4 nitrogen and oxygen atoms in total. The van der Waals surface area contributed by atoms with E-state index in [1.54, 1.807) is 0 Å². The molecule has 3 unspecified atom stereocenters. The molecule has 1 saturated heterocycles. The molecule has 28 heavy (non-hydrogen) atoms. The van der Waals surface area contributed by atoms with Crippen molar-refractivity contribution in [3.05, 3.63) is 35.4 Å². The van der Waals surface area contributed by atoms with Gasteiger partial charge in [0.2, 0.25) is 5.91 Å². The van der Waals surface area contributed by atoms with Crippen LogP contribution in [0.1, 0.15) is 63.5 Å². The fourth-order valence-corrected chi connectivity index (χ4v) is 4.65. The van der Waals surface area contributed by atoms with Crippen molar-refractivity contribution in [2.24, 2.45) is 17.6 Å². The van der Waals surface area contributed by atoms with E-state index in [9.17, 15) is 4.79 Å². The van der Waals surface area contributed by atoms with E-state index in [1.165, 1.54) is 37.1 Å². The number of halogens is 2. The van der Waals surface area contributed by atoms with Crippen molar-refractivity contribution in [3.63, 3.8) is 0 Å². The Kier molecular flexibility index (Phi) is 10.3. The fourth-order valence-electron chi connectivity index (χ4n) is 4.65. The number of carbonyl (C=O) groups is 1. The van der Waals surface area contributed by atoms with Crippen LogP contribution in [0.3, 0.4) is 0 Å². The fraction of sp³-hybridized carbons (Fsp3) is 0.682. The Morgan fingerprint density at radius 3 is 2.57 bits per heavy atom. The van der Waals surface area contributed by atoms with Gasteiger partial charge in [0.05, 0.1) is 5.92 Å². The van der Waals surface area contributed by atoms with Gasteiger partial charge in [-0.1, -0.05) is 44.0 Å². The Morgan fingerprint density at radius 1 is 1.18 bits per heavy atom. The highest BCUT2D eigenvalue weighted by molar-refractivity contribution is 5.85. The number of hydrogen-bond donors (Lipinski definition) is 2. The van der Waals surface area contributed by atoms with Crippen LogP contribution in [0.4, 0.5) is 0 Å². The minimum absolute atomic E-state index is 0. The van der Waals surface area contributed by atoms with Gasteiger partial charge in [0.15, 0.2) is 0 Å². The van der Waals surface area contributed by atoms with Crippen molar-refractivity contribution in [1.29, 1.82) is 0 Å². The molecule has 1 aromatic carbocycles. The third-order valence-electron chi connectivity index (χ3n) is 6.28. The predicted molar refractivity (Wildman–Crippen MR) is 121 cm³/mol. The van der Waals surface area contributed by atoms with E-state index < -0.39 is 0 Å². The SMILES string of the molecule is CC1CCCN(Cc2ccccc2CNC(=O)C2CCCCC2(C)N)C1.Cl.Cl. The highest BCUT2D eigenvalue weighted by Crippen LogP contribution is 2.31. The van der Waals surface area contributed by atoms with Gasteiger partial charge in [0, 0.05) is 25.2 Å². The summed E-state index contributed by atoms with van der Waals surface area (Å²) in [5.74, 6) is 0.839. The van der Waals surface area contributed by atoms with Gasteiger partial charge in [-0.15, -0.1) is 24.8 Å². The topological polar surface area (TPSA) is 58.4 Å². The molecule has 1 aliphatic heterocycles. The minimum Gasteiger partial charge on any atom is -0.352 e. The number of benzene rings is 1.